The Hall–Kier alpha value is -6.79. The molecule has 4 atom stereocenters. The first-order valence-electron chi connectivity index (χ1n) is 23.8. The number of hydrogen-bond donors (Lipinski definition) is 0. The highest BCUT2D eigenvalue weighted by Crippen LogP contribution is 2.67. The molecule has 0 N–H and O–H groups in total. The van der Waals surface area contributed by atoms with E-state index in [-0.39, 0.29) is 12.2 Å². The van der Waals surface area contributed by atoms with E-state index in [4.69, 9.17) is 18.5 Å². The van der Waals surface area contributed by atoms with Crippen LogP contribution in [-0.4, -0.2) is 42.1 Å². The molecular formula is C59H51N2O7P3-2. The molecule has 7 aromatic carbocycles. The van der Waals surface area contributed by atoms with Gasteiger partial charge in [-0.05, 0) is 60.4 Å². The predicted octanol–water partition coefficient (Wildman–Crippen LogP) is 13.5. The lowest BCUT2D eigenvalue weighted by molar-refractivity contribution is 0.0787. The Labute approximate surface area is 418 Å². The van der Waals surface area contributed by atoms with Crippen LogP contribution in [0.15, 0.2) is 176 Å². The minimum absolute atomic E-state index is 0.0425. The van der Waals surface area contributed by atoms with E-state index in [0.717, 1.165) is 81.2 Å². The van der Waals surface area contributed by atoms with Crippen LogP contribution in [0, 0.1) is 30.1 Å². The average Bonchev–Trinajstić information content (AvgIpc) is 3.42. The van der Waals surface area contributed by atoms with E-state index in [9.17, 15) is 4.79 Å². The van der Waals surface area contributed by atoms with Crippen LogP contribution in [0.25, 0.3) is 22.3 Å². The van der Waals surface area contributed by atoms with Crippen LogP contribution >= 0.6 is 23.3 Å². The summed E-state index contributed by atoms with van der Waals surface area (Å²) in [6, 6.07) is 56.6. The number of benzene rings is 7. The normalized spacial score (nSPS) is 20.2. The van der Waals surface area contributed by atoms with Crippen LogP contribution < -0.4 is 29.1 Å². The molecule has 7 aromatic rings. The number of nitrogens with zero attached hydrogens (tertiary/aromatic N) is 2. The van der Waals surface area contributed by atoms with Gasteiger partial charge < -0.3 is 44.3 Å². The van der Waals surface area contributed by atoms with Gasteiger partial charge in [-0.1, -0.05) is 152 Å². The SMILES string of the molecule is O=P1(C2c3ccccc3OCN2CCCCCCN2COc3ccccc3C2P2(=O)Oc3ccccc3-c3ccccc32)Oc2ccccc2-c2ccccc21.[CH2-]C#C[P-]C#CCC(=O)c1ccccc1. The fourth-order valence-electron chi connectivity index (χ4n) is 9.83. The second-order valence-corrected chi connectivity index (χ2v) is 22.8. The number of hydrogen-bond acceptors (Lipinski definition) is 9. The average molecular weight is 993 g/mol. The molecule has 4 unspecified atom stereocenters. The maximum Gasteiger partial charge on any atom is 0.299 e. The molecule has 4 heterocycles. The third kappa shape index (κ3) is 9.83. The van der Waals surface area contributed by atoms with Gasteiger partial charge in [-0.15, -0.1) is 5.92 Å². The summed E-state index contributed by atoms with van der Waals surface area (Å²) >= 11 is 0. The first kappa shape index (κ1) is 47.9. The van der Waals surface area contributed by atoms with Crippen LogP contribution in [0.5, 0.6) is 23.0 Å². The number of ether oxygens (including phenoxy) is 2. The number of para-hydroxylation sites is 4. The molecule has 0 bridgehead atoms. The zero-order chi connectivity index (χ0) is 48.6. The van der Waals surface area contributed by atoms with Crippen LogP contribution in [0.3, 0.4) is 0 Å². The lowest BCUT2D eigenvalue weighted by Gasteiger charge is -2.42. The standard InChI is InChI=1S/C46H42N2O6P2.C13H9OP/c49-55(43-27-13-7-19-35(43)33-17-3-11-25-41(33)53-55)45-37-21-5-9-23-39(37)51-31-47(45)29-15-1-2-16-30-48-32-52-40-24-10-6-22-38(40)46(48)56(50)44-28-14-8-20-36(44)34-18-4-12-26-42(34)54-56;1-2-10-15-11-6-9-13(14)12-7-4-3-5-8-12/h3-14,17-28,45-46H,1-2,15-16,29-32H2;3-5,7-8H,1,9H2/q;-2. The molecule has 0 saturated heterocycles. The van der Waals surface area contributed by atoms with Gasteiger partial charge in [0, 0.05) is 40.9 Å². The van der Waals surface area contributed by atoms with Crippen LogP contribution in [0.2, 0.25) is 0 Å². The maximum atomic E-state index is 15.5. The van der Waals surface area contributed by atoms with E-state index in [0.29, 0.717) is 52.2 Å². The third-order valence-corrected chi connectivity index (χ3v) is 19.2. The van der Waals surface area contributed by atoms with Crippen LogP contribution in [0.1, 0.15) is 65.2 Å². The summed E-state index contributed by atoms with van der Waals surface area (Å²) in [6.07, 6.45) is 3.92. The predicted molar refractivity (Wildman–Crippen MR) is 284 cm³/mol. The summed E-state index contributed by atoms with van der Waals surface area (Å²) in [7, 11) is -6.28. The molecular weight excluding hydrogens is 942 g/mol. The Kier molecular flexibility index (Phi) is 14.6. The van der Waals surface area contributed by atoms with Crippen molar-refractivity contribution in [3.8, 4) is 68.4 Å². The van der Waals surface area contributed by atoms with Crippen molar-refractivity contribution in [3.05, 3.63) is 200 Å². The molecule has 0 saturated carbocycles. The van der Waals surface area contributed by atoms with E-state index >= 15 is 9.13 Å². The van der Waals surface area contributed by atoms with E-state index < -0.39 is 26.3 Å². The van der Waals surface area contributed by atoms with Crippen molar-refractivity contribution in [3.63, 3.8) is 0 Å². The Morgan fingerprint density at radius 1 is 0.521 bits per heavy atom. The smallest absolute Gasteiger partial charge is 0.299 e. The van der Waals surface area contributed by atoms with Gasteiger partial charge in [0.05, 0.1) is 17.0 Å². The lowest BCUT2D eigenvalue weighted by Crippen LogP contribution is -2.40. The second-order valence-electron chi connectivity index (χ2n) is 17.5. The van der Waals surface area contributed by atoms with Crippen molar-refractivity contribution in [1.29, 1.82) is 0 Å². The van der Waals surface area contributed by atoms with E-state index in [1.807, 2.05) is 164 Å². The molecule has 4 aliphatic rings. The highest BCUT2D eigenvalue weighted by Gasteiger charge is 2.50. The number of fused-ring (bicyclic) bond motifs is 8. The zero-order valence-electron chi connectivity index (χ0n) is 39.1. The van der Waals surface area contributed by atoms with E-state index in [1.54, 1.807) is 12.1 Å². The van der Waals surface area contributed by atoms with Gasteiger partial charge >= 0.3 is 0 Å². The summed E-state index contributed by atoms with van der Waals surface area (Å²) in [6.45, 7) is 5.40. The van der Waals surface area contributed by atoms with Crippen LogP contribution in [0.4, 0.5) is 0 Å². The molecule has 0 radical (unpaired) electrons. The quantitative estimate of drug-likeness (QED) is 0.0413. The summed E-state index contributed by atoms with van der Waals surface area (Å²) in [5, 5.41) is 1.50. The van der Waals surface area contributed by atoms with Gasteiger partial charge in [0.1, 0.15) is 48.0 Å². The molecule has 0 aliphatic carbocycles. The minimum atomic E-state index is -3.49. The minimum Gasteiger partial charge on any atom is -0.503 e. The van der Waals surface area contributed by atoms with Crippen molar-refractivity contribution in [2.75, 3.05) is 26.6 Å². The molecule has 71 heavy (non-hydrogen) atoms. The maximum absolute atomic E-state index is 15.5. The van der Waals surface area contributed by atoms with Crippen molar-refractivity contribution in [2.24, 2.45) is 0 Å². The largest absolute Gasteiger partial charge is 0.503 e. The fourth-order valence-corrected chi connectivity index (χ4v) is 16.0. The summed E-state index contributed by atoms with van der Waals surface area (Å²) in [5.41, 5.74) is 11.8. The first-order chi connectivity index (χ1) is 34.9. The number of carbonyl (C=O) groups is 1. The highest BCUT2D eigenvalue weighted by molar-refractivity contribution is 7.68. The Bertz CT molecular complexity index is 3130. The molecule has 4 aliphatic heterocycles. The summed E-state index contributed by atoms with van der Waals surface area (Å²) in [4.78, 5) is 15.9. The molecule has 9 nitrogen and oxygen atoms in total. The van der Waals surface area contributed by atoms with Gasteiger partial charge in [-0.3, -0.25) is 23.7 Å². The molecule has 12 heteroatoms. The summed E-state index contributed by atoms with van der Waals surface area (Å²) < 4.78 is 56.8. The number of ketones is 1. The van der Waals surface area contributed by atoms with Crippen molar-refractivity contribution >= 4 is 39.7 Å². The van der Waals surface area contributed by atoms with Crippen molar-refractivity contribution < 1.29 is 32.4 Å². The number of rotatable bonds is 11. The lowest BCUT2D eigenvalue weighted by atomic mass is 10.0. The number of carbonyl (C=O) groups excluding carboxylic acids is 1. The first-order valence-corrected chi connectivity index (χ1v) is 28.1. The molecule has 0 aromatic heterocycles. The Morgan fingerprint density at radius 3 is 1.44 bits per heavy atom. The zero-order valence-corrected chi connectivity index (χ0v) is 41.7. The topological polar surface area (TPSA) is 94.6 Å². The fraction of sp³-hybridized carbons (Fsp3) is 0.186. The molecule has 0 fully saturated rings. The van der Waals surface area contributed by atoms with Gasteiger partial charge in [0.2, 0.25) is 0 Å². The highest BCUT2D eigenvalue weighted by atomic mass is 31.2. The molecule has 0 amide bonds. The molecule has 0 spiro atoms. The number of Topliss-reactive ketones (excluding diaryl/α,β-unsaturated/α-hetero) is 1. The van der Waals surface area contributed by atoms with E-state index in [1.165, 1.54) is 0 Å². The van der Waals surface area contributed by atoms with Gasteiger partial charge in [-0.2, -0.15) is 0 Å². The summed E-state index contributed by atoms with van der Waals surface area (Å²) in [5.74, 6) is 7.11. The van der Waals surface area contributed by atoms with Crippen molar-refractivity contribution in [2.45, 2.75) is 43.7 Å². The van der Waals surface area contributed by atoms with Crippen molar-refractivity contribution in [1.82, 2.24) is 9.80 Å². The molecule has 356 valence electrons. The number of unbranched alkanes of at least 4 members (excludes halogenated alkanes) is 3. The Morgan fingerprint density at radius 2 is 0.944 bits per heavy atom. The van der Waals surface area contributed by atoms with Gasteiger partial charge in [0.25, 0.3) is 14.7 Å². The second kappa shape index (κ2) is 21.7. The monoisotopic (exact) mass is 992 g/mol. The van der Waals surface area contributed by atoms with E-state index in [2.05, 4.69) is 39.9 Å². The Balaban J connectivity index is 0.000000335. The molecule has 11 rings (SSSR count). The third-order valence-electron chi connectivity index (χ3n) is 13.1. The van der Waals surface area contributed by atoms with Gasteiger partial charge in [0.15, 0.2) is 5.78 Å². The van der Waals surface area contributed by atoms with Gasteiger partial charge in [-0.25, -0.2) is 6.92 Å². The van der Waals surface area contributed by atoms with Crippen LogP contribution in [-0.2, 0) is 9.13 Å².